The van der Waals surface area contributed by atoms with Crippen LogP contribution < -0.4 is 4.90 Å². The minimum absolute atomic E-state index is 0.0133. The molecule has 2 aliphatic heterocycles. The molecule has 5 rings (SSSR count). The standard InChI is InChI=1S/C25H24F2N4OS/c1-16-13-31-20-15-30(14-17-9-11-18(12-10-17)25(2,26)27)23(33-19-7-5-4-6-8-19)21(20)22(32)29(3)24(31)28-16/h4-12,15-16H,13-14H2,1-3H3. The molecule has 1 aromatic heterocycles. The Kier molecular flexibility index (Phi) is 5.28. The molecule has 0 saturated carbocycles. The van der Waals surface area contributed by atoms with Gasteiger partial charge in [0.1, 0.15) is 0 Å². The maximum absolute atomic E-state index is 13.6. The van der Waals surface area contributed by atoms with Crippen LogP contribution in [0, 0.1) is 0 Å². The van der Waals surface area contributed by atoms with Crippen molar-refractivity contribution in [2.45, 2.75) is 42.3 Å². The van der Waals surface area contributed by atoms with E-state index in [0.717, 1.165) is 28.1 Å². The minimum Gasteiger partial charge on any atom is -0.335 e. The van der Waals surface area contributed by atoms with E-state index >= 15 is 0 Å². The second-order valence-electron chi connectivity index (χ2n) is 8.58. The van der Waals surface area contributed by atoms with Crippen molar-refractivity contribution in [3.63, 3.8) is 0 Å². The monoisotopic (exact) mass is 466 g/mol. The van der Waals surface area contributed by atoms with Crippen molar-refractivity contribution in [2.24, 2.45) is 4.99 Å². The number of carbonyl (C=O) groups is 1. The number of benzene rings is 2. The number of carbonyl (C=O) groups excluding carboxylic acids is 1. The number of amides is 1. The first-order valence-corrected chi connectivity index (χ1v) is 11.6. The second kappa shape index (κ2) is 8.02. The van der Waals surface area contributed by atoms with Crippen LogP contribution in [0.25, 0.3) is 0 Å². The van der Waals surface area contributed by atoms with Crippen LogP contribution in [-0.2, 0) is 12.5 Å². The minimum atomic E-state index is -2.88. The SMILES string of the molecule is CC1CN2C(=N1)N(C)C(=O)c1c2cn(Cc2ccc(C(C)(F)F)cc2)c1Sc1ccccc1. The molecule has 1 atom stereocenters. The summed E-state index contributed by atoms with van der Waals surface area (Å²) in [6, 6.07) is 16.4. The number of fused-ring (bicyclic) bond motifs is 3. The molecule has 1 unspecified atom stereocenters. The van der Waals surface area contributed by atoms with E-state index in [1.165, 1.54) is 23.9 Å². The van der Waals surface area contributed by atoms with E-state index in [1.807, 2.05) is 48.0 Å². The third-order valence-electron chi connectivity index (χ3n) is 5.91. The lowest BCUT2D eigenvalue weighted by Gasteiger charge is -2.31. The number of alkyl halides is 2. The molecule has 170 valence electrons. The molecular weight excluding hydrogens is 442 g/mol. The molecule has 0 saturated heterocycles. The highest BCUT2D eigenvalue weighted by Gasteiger charge is 2.40. The second-order valence-corrected chi connectivity index (χ2v) is 9.64. The fourth-order valence-electron chi connectivity index (χ4n) is 4.24. The normalized spacial score (nSPS) is 17.8. The number of hydrogen-bond acceptors (Lipinski definition) is 4. The smallest absolute Gasteiger partial charge is 0.270 e. The van der Waals surface area contributed by atoms with Gasteiger partial charge in [0.05, 0.1) is 22.3 Å². The van der Waals surface area contributed by atoms with Gasteiger partial charge in [-0.2, -0.15) is 0 Å². The van der Waals surface area contributed by atoms with E-state index in [4.69, 9.17) is 0 Å². The van der Waals surface area contributed by atoms with Gasteiger partial charge in [-0.25, -0.2) is 13.8 Å². The summed E-state index contributed by atoms with van der Waals surface area (Å²) in [5.74, 6) is -2.30. The molecule has 0 N–H and O–H groups in total. The third kappa shape index (κ3) is 3.93. The van der Waals surface area contributed by atoms with Crippen LogP contribution in [0.15, 0.2) is 75.7 Å². The number of nitrogens with zero attached hydrogens (tertiary/aromatic N) is 4. The molecule has 3 aromatic rings. The van der Waals surface area contributed by atoms with Crippen LogP contribution in [0.3, 0.4) is 0 Å². The maximum atomic E-state index is 13.6. The van der Waals surface area contributed by atoms with E-state index in [2.05, 4.69) is 9.89 Å². The molecule has 2 aromatic carbocycles. The van der Waals surface area contributed by atoms with Crippen LogP contribution in [0.4, 0.5) is 14.5 Å². The van der Waals surface area contributed by atoms with Gasteiger partial charge in [0.25, 0.3) is 11.8 Å². The van der Waals surface area contributed by atoms with Gasteiger partial charge in [-0.05, 0) is 24.6 Å². The molecule has 0 spiro atoms. The molecule has 1 amide bonds. The Labute approximate surface area is 195 Å². The summed E-state index contributed by atoms with van der Waals surface area (Å²) in [5.41, 5.74) is 2.36. The average molecular weight is 467 g/mol. The fourth-order valence-corrected chi connectivity index (χ4v) is 5.29. The van der Waals surface area contributed by atoms with Crippen LogP contribution in [0.2, 0.25) is 0 Å². The lowest BCUT2D eigenvalue weighted by molar-refractivity contribution is 0.0174. The van der Waals surface area contributed by atoms with Gasteiger partial charge in [-0.15, -0.1) is 0 Å². The third-order valence-corrected chi connectivity index (χ3v) is 7.05. The molecule has 5 nitrogen and oxygen atoms in total. The van der Waals surface area contributed by atoms with Crippen LogP contribution in [-0.4, -0.2) is 41.0 Å². The van der Waals surface area contributed by atoms with Crippen molar-refractivity contribution in [1.29, 1.82) is 0 Å². The van der Waals surface area contributed by atoms with Crippen molar-refractivity contribution >= 4 is 29.3 Å². The predicted molar refractivity (Wildman–Crippen MR) is 126 cm³/mol. The van der Waals surface area contributed by atoms with E-state index in [0.29, 0.717) is 24.6 Å². The van der Waals surface area contributed by atoms with Gasteiger partial charge in [-0.1, -0.05) is 54.2 Å². The number of guanidine groups is 1. The lowest BCUT2D eigenvalue weighted by Crippen LogP contribution is -2.47. The summed E-state index contributed by atoms with van der Waals surface area (Å²) in [6.07, 6.45) is 1.99. The van der Waals surface area contributed by atoms with Gasteiger partial charge in [-0.3, -0.25) is 9.69 Å². The predicted octanol–water partition coefficient (Wildman–Crippen LogP) is 5.45. The largest absolute Gasteiger partial charge is 0.335 e. The van der Waals surface area contributed by atoms with Gasteiger partial charge in [0.15, 0.2) is 0 Å². The number of rotatable bonds is 5. The molecule has 8 heteroatoms. The number of anilines is 1. The zero-order valence-electron chi connectivity index (χ0n) is 18.6. The van der Waals surface area contributed by atoms with E-state index in [1.54, 1.807) is 24.1 Å². The highest BCUT2D eigenvalue weighted by atomic mass is 32.2. The van der Waals surface area contributed by atoms with Crippen molar-refractivity contribution < 1.29 is 13.6 Å². The highest BCUT2D eigenvalue weighted by molar-refractivity contribution is 7.99. The van der Waals surface area contributed by atoms with Crippen molar-refractivity contribution in [1.82, 2.24) is 9.47 Å². The van der Waals surface area contributed by atoms with Crippen LogP contribution in [0.1, 0.15) is 35.3 Å². The first-order valence-electron chi connectivity index (χ1n) is 10.8. The first-order chi connectivity index (χ1) is 15.7. The Morgan fingerprint density at radius 2 is 1.82 bits per heavy atom. The van der Waals surface area contributed by atoms with Crippen molar-refractivity contribution in [2.75, 3.05) is 18.5 Å². The van der Waals surface area contributed by atoms with Crippen LogP contribution in [0.5, 0.6) is 0 Å². The number of halogens is 2. The summed E-state index contributed by atoms with van der Waals surface area (Å²) in [4.78, 5) is 22.8. The summed E-state index contributed by atoms with van der Waals surface area (Å²) in [7, 11) is 1.76. The van der Waals surface area contributed by atoms with E-state index < -0.39 is 5.92 Å². The number of hydrogen-bond donors (Lipinski definition) is 0. The molecule has 2 aliphatic rings. The lowest BCUT2D eigenvalue weighted by atomic mass is 10.1. The zero-order valence-corrected chi connectivity index (χ0v) is 19.4. The van der Waals surface area contributed by atoms with E-state index in [9.17, 15) is 13.6 Å². The van der Waals surface area contributed by atoms with Crippen LogP contribution >= 0.6 is 11.8 Å². The Morgan fingerprint density at radius 3 is 2.48 bits per heavy atom. The fraction of sp³-hybridized carbons (Fsp3) is 0.280. The van der Waals surface area contributed by atoms with Crippen molar-refractivity contribution in [3.05, 3.63) is 77.5 Å². The highest BCUT2D eigenvalue weighted by Crippen LogP contribution is 2.42. The van der Waals surface area contributed by atoms with Gasteiger partial charge >= 0.3 is 0 Å². The molecular formula is C25H24F2N4OS. The molecule has 0 bridgehead atoms. The van der Waals surface area contributed by atoms with Gasteiger partial charge in [0.2, 0.25) is 5.96 Å². The molecule has 0 radical (unpaired) electrons. The van der Waals surface area contributed by atoms with Gasteiger partial charge in [0, 0.05) is 43.7 Å². The Hall–Kier alpha value is -3.13. The first kappa shape index (κ1) is 21.7. The number of aliphatic imine (C=N–C) groups is 1. The topological polar surface area (TPSA) is 40.8 Å². The summed E-state index contributed by atoms with van der Waals surface area (Å²) in [6.45, 7) is 4.10. The zero-order chi connectivity index (χ0) is 23.3. The molecule has 33 heavy (non-hydrogen) atoms. The molecule has 0 fully saturated rings. The Morgan fingerprint density at radius 1 is 1.12 bits per heavy atom. The Bertz CT molecular complexity index is 1230. The summed E-state index contributed by atoms with van der Waals surface area (Å²) in [5, 5.41) is 0.830. The van der Waals surface area contributed by atoms with Gasteiger partial charge < -0.3 is 9.47 Å². The summed E-state index contributed by atoms with van der Waals surface area (Å²) >= 11 is 1.53. The van der Waals surface area contributed by atoms with Crippen molar-refractivity contribution in [3.8, 4) is 0 Å². The maximum Gasteiger partial charge on any atom is 0.270 e. The summed E-state index contributed by atoms with van der Waals surface area (Å²) < 4.78 is 29.3. The average Bonchev–Trinajstić information content (AvgIpc) is 3.33. The number of aromatic nitrogens is 1. The molecule has 3 heterocycles. The Balaban J connectivity index is 1.58. The molecule has 0 aliphatic carbocycles. The quantitative estimate of drug-likeness (QED) is 0.502. The van der Waals surface area contributed by atoms with E-state index in [-0.39, 0.29) is 17.5 Å².